The van der Waals surface area contributed by atoms with Crippen molar-refractivity contribution in [3.8, 4) is 11.5 Å². The molecule has 0 amide bonds. The van der Waals surface area contributed by atoms with Gasteiger partial charge in [-0.2, -0.15) is 0 Å². The second-order valence-electron chi connectivity index (χ2n) is 8.79. The number of ketones is 1. The van der Waals surface area contributed by atoms with Crippen LogP contribution in [-0.2, 0) is 16.6 Å². The molecule has 4 fully saturated rings. The van der Waals surface area contributed by atoms with Crippen LogP contribution in [0.4, 0.5) is 0 Å². The van der Waals surface area contributed by atoms with Crippen LogP contribution < -0.4 is 7.80 Å². The van der Waals surface area contributed by atoms with Gasteiger partial charge in [0.15, 0.2) is 46.4 Å². The molecule has 6 unspecified atom stereocenters. The summed E-state index contributed by atoms with van der Waals surface area (Å²) in [4.78, 5) is 12.9. The highest BCUT2D eigenvalue weighted by Gasteiger charge is 2.92. The Morgan fingerprint density at radius 2 is 2.21 bits per heavy atom. The first-order chi connectivity index (χ1) is 11.6. The SMILES string of the molecule is O=C1CCC2(O)C34CC3CC3C4Cc4ccc(OI)c5c4[C@]32C1O5. The van der Waals surface area contributed by atoms with Crippen molar-refractivity contribution in [1.82, 2.24) is 0 Å². The molecular weight excluding hydrogens is 419 g/mol. The van der Waals surface area contributed by atoms with E-state index in [-0.39, 0.29) is 11.2 Å². The third kappa shape index (κ3) is 0.952. The van der Waals surface area contributed by atoms with Crippen LogP contribution >= 0.6 is 23.0 Å². The summed E-state index contributed by atoms with van der Waals surface area (Å²) >= 11 is 1.88. The molecule has 4 bridgehead atoms. The predicted molar refractivity (Wildman–Crippen MR) is 92.2 cm³/mol. The van der Waals surface area contributed by atoms with Gasteiger partial charge in [0.1, 0.15) is 0 Å². The van der Waals surface area contributed by atoms with Gasteiger partial charge in [0.25, 0.3) is 0 Å². The minimum absolute atomic E-state index is 0.0476. The molecule has 4 saturated carbocycles. The van der Waals surface area contributed by atoms with Gasteiger partial charge in [0.05, 0.1) is 11.0 Å². The Labute approximate surface area is 153 Å². The Bertz CT molecular complexity index is 867. The first kappa shape index (κ1) is 13.4. The fourth-order valence-electron chi connectivity index (χ4n) is 8.24. The van der Waals surface area contributed by atoms with Crippen molar-refractivity contribution < 1.29 is 17.7 Å². The second kappa shape index (κ2) is 3.52. The number of benzene rings is 1. The van der Waals surface area contributed by atoms with E-state index in [1.54, 1.807) is 0 Å². The lowest BCUT2D eigenvalue weighted by Gasteiger charge is -2.53. The molecule has 7 rings (SSSR count). The Balaban J connectivity index is 1.64. The van der Waals surface area contributed by atoms with Crippen molar-refractivity contribution >= 4 is 28.8 Å². The third-order valence-corrected chi connectivity index (χ3v) is 9.17. The Morgan fingerprint density at radius 1 is 1.33 bits per heavy atom. The zero-order valence-electron chi connectivity index (χ0n) is 13.0. The van der Waals surface area contributed by atoms with Crippen LogP contribution in [0.5, 0.6) is 11.5 Å². The van der Waals surface area contributed by atoms with Gasteiger partial charge in [-0.1, -0.05) is 6.07 Å². The highest BCUT2D eigenvalue weighted by molar-refractivity contribution is 14.1. The molecule has 6 aliphatic rings. The van der Waals surface area contributed by atoms with Crippen molar-refractivity contribution in [1.29, 1.82) is 0 Å². The summed E-state index contributed by atoms with van der Waals surface area (Å²) in [5.41, 5.74) is 1.18. The predicted octanol–water partition coefficient (Wildman–Crippen LogP) is 2.72. The van der Waals surface area contributed by atoms with Gasteiger partial charge in [0.2, 0.25) is 0 Å². The molecule has 24 heavy (non-hydrogen) atoms. The van der Waals surface area contributed by atoms with E-state index in [0.29, 0.717) is 36.3 Å². The Hall–Kier alpha value is -0.820. The molecule has 5 aliphatic carbocycles. The van der Waals surface area contributed by atoms with Crippen LogP contribution in [0, 0.1) is 23.2 Å². The standard InChI is InChI=1S/C19H17IO4/c20-24-13-2-1-8-5-10-11-6-9-7-17(9,10)18(22)4-3-12(21)16-19(11,18)14(8)15(13)23-16/h1-2,9-11,16,22H,3-7H2/t9?,10?,11?,16?,17?,18?,19-/m0/s1. The molecule has 0 aromatic heterocycles. The Kier molecular flexibility index (Phi) is 1.96. The van der Waals surface area contributed by atoms with Crippen molar-refractivity contribution in [2.24, 2.45) is 23.2 Å². The number of ether oxygens (including phenoxy) is 1. The zero-order chi connectivity index (χ0) is 16.1. The second-order valence-corrected chi connectivity index (χ2v) is 9.23. The maximum absolute atomic E-state index is 12.9. The topological polar surface area (TPSA) is 55.8 Å². The number of Topliss-reactive ketones (excluding diaryl/α,β-unsaturated/α-hetero) is 1. The minimum atomic E-state index is -0.767. The number of carbonyl (C=O) groups excluding carboxylic acids is 1. The largest absolute Gasteiger partial charge is 0.477 e. The molecular formula is C19H17IO4. The summed E-state index contributed by atoms with van der Waals surface area (Å²) in [7, 11) is 0. The summed E-state index contributed by atoms with van der Waals surface area (Å²) in [6.07, 6.45) is 3.88. The number of hydrogen-bond acceptors (Lipinski definition) is 4. The maximum atomic E-state index is 12.9. The van der Waals surface area contributed by atoms with E-state index in [9.17, 15) is 9.90 Å². The smallest absolute Gasteiger partial charge is 0.192 e. The first-order valence-corrected chi connectivity index (χ1v) is 9.84. The monoisotopic (exact) mass is 436 g/mol. The van der Waals surface area contributed by atoms with Gasteiger partial charge in [-0.05, 0) is 55.1 Å². The van der Waals surface area contributed by atoms with Gasteiger partial charge in [0, 0.05) is 17.4 Å². The van der Waals surface area contributed by atoms with E-state index in [1.807, 2.05) is 29.1 Å². The Morgan fingerprint density at radius 3 is 3.04 bits per heavy atom. The third-order valence-electron chi connectivity index (χ3n) is 8.70. The van der Waals surface area contributed by atoms with Crippen molar-refractivity contribution in [2.45, 2.75) is 49.2 Å². The van der Waals surface area contributed by atoms with Crippen LogP contribution in [0.1, 0.15) is 36.8 Å². The first-order valence-electron chi connectivity index (χ1n) is 8.96. The van der Waals surface area contributed by atoms with Crippen LogP contribution in [0.25, 0.3) is 0 Å². The van der Waals surface area contributed by atoms with E-state index < -0.39 is 17.1 Å². The summed E-state index contributed by atoms with van der Waals surface area (Å²) < 4.78 is 11.8. The van der Waals surface area contributed by atoms with Gasteiger partial charge in [-0.3, -0.25) is 4.79 Å². The van der Waals surface area contributed by atoms with Gasteiger partial charge in [-0.25, -0.2) is 0 Å². The molecule has 1 aromatic rings. The van der Waals surface area contributed by atoms with Crippen molar-refractivity contribution in [2.75, 3.05) is 0 Å². The molecule has 1 heterocycles. The van der Waals surface area contributed by atoms with Gasteiger partial charge < -0.3 is 12.9 Å². The van der Waals surface area contributed by atoms with E-state index in [1.165, 1.54) is 5.56 Å². The van der Waals surface area contributed by atoms with E-state index in [4.69, 9.17) is 7.80 Å². The minimum Gasteiger partial charge on any atom is -0.477 e. The lowest BCUT2D eigenvalue weighted by Crippen LogP contribution is -2.66. The summed E-state index contributed by atoms with van der Waals surface area (Å²) in [5.74, 6) is 3.18. The average Bonchev–Trinajstić information content (AvgIpc) is 3.04. The number of carbonyl (C=O) groups is 1. The summed E-state index contributed by atoms with van der Waals surface area (Å²) in [6.45, 7) is 0. The lowest BCUT2D eigenvalue weighted by atomic mass is 9.51. The van der Waals surface area contributed by atoms with Crippen LogP contribution in [-0.4, -0.2) is 22.6 Å². The van der Waals surface area contributed by atoms with Crippen LogP contribution in [0.3, 0.4) is 0 Å². The van der Waals surface area contributed by atoms with E-state index in [0.717, 1.165) is 30.6 Å². The van der Waals surface area contributed by atoms with Gasteiger partial charge in [-0.15, -0.1) is 0 Å². The fourth-order valence-corrected chi connectivity index (χ4v) is 8.59. The number of aliphatic hydroxyl groups is 1. The average molecular weight is 436 g/mol. The molecule has 4 nitrogen and oxygen atoms in total. The highest BCUT2D eigenvalue weighted by Crippen LogP contribution is 2.89. The zero-order valence-corrected chi connectivity index (χ0v) is 15.2. The normalized spacial score (nSPS) is 53.5. The molecule has 124 valence electrons. The van der Waals surface area contributed by atoms with E-state index >= 15 is 0 Å². The molecule has 2 spiro atoms. The number of halogens is 1. The lowest BCUT2D eigenvalue weighted by molar-refractivity contribution is -0.163. The van der Waals surface area contributed by atoms with Crippen molar-refractivity contribution in [3.05, 3.63) is 23.3 Å². The summed E-state index contributed by atoms with van der Waals surface area (Å²) in [5, 5.41) is 12.1. The molecule has 1 aliphatic heterocycles. The van der Waals surface area contributed by atoms with E-state index in [2.05, 4.69) is 6.07 Å². The molecule has 5 heteroatoms. The highest BCUT2D eigenvalue weighted by atomic mass is 127. The van der Waals surface area contributed by atoms with Crippen LogP contribution in [0.15, 0.2) is 12.1 Å². The molecule has 1 aromatic carbocycles. The van der Waals surface area contributed by atoms with Gasteiger partial charge >= 0.3 is 0 Å². The number of hydrogen-bond donors (Lipinski definition) is 1. The molecule has 7 atom stereocenters. The molecule has 0 saturated heterocycles. The maximum Gasteiger partial charge on any atom is 0.192 e. The molecule has 1 N–H and O–H groups in total. The number of rotatable bonds is 1. The fraction of sp³-hybridized carbons (Fsp3) is 0.632. The summed E-state index contributed by atoms with van der Waals surface area (Å²) in [6, 6.07) is 4.11. The van der Waals surface area contributed by atoms with Crippen LogP contribution in [0.2, 0.25) is 0 Å². The quantitative estimate of drug-likeness (QED) is 0.689. The molecule has 0 radical (unpaired) electrons. The van der Waals surface area contributed by atoms with Crippen molar-refractivity contribution in [3.63, 3.8) is 0 Å².